The lowest BCUT2D eigenvalue weighted by molar-refractivity contribution is -0.142. The third kappa shape index (κ3) is 4.29. The molecule has 2 heterocycles. The summed E-state index contributed by atoms with van der Waals surface area (Å²) in [5.41, 5.74) is 4.45. The van der Waals surface area contributed by atoms with E-state index >= 15 is 0 Å². The van der Waals surface area contributed by atoms with Crippen LogP contribution in [0.25, 0.3) is 11.1 Å². The third-order valence-corrected chi connectivity index (χ3v) is 4.90. The van der Waals surface area contributed by atoms with E-state index in [1.165, 1.54) is 11.1 Å². The van der Waals surface area contributed by atoms with Crippen molar-refractivity contribution in [2.75, 3.05) is 6.61 Å². The Morgan fingerprint density at radius 2 is 1.67 bits per heavy atom. The number of carbonyl (C=O) groups excluding carboxylic acids is 1. The lowest BCUT2D eigenvalue weighted by Crippen LogP contribution is -2.38. The van der Waals surface area contributed by atoms with Crippen molar-refractivity contribution >= 4 is 5.91 Å². The molecule has 1 fully saturated rings. The van der Waals surface area contributed by atoms with Crippen molar-refractivity contribution in [3.63, 3.8) is 0 Å². The van der Waals surface area contributed by atoms with Gasteiger partial charge in [-0.2, -0.15) is 0 Å². The average Bonchev–Trinajstić information content (AvgIpc) is 3.42. The minimum Gasteiger partial charge on any atom is -0.472 e. The van der Waals surface area contributed by atoms with Gasteiger partial charge in [0.05, 0.1) is 12.5 Å². The molecule has 0 spiro atoms. The van der Waals surface area contributed by atoms with Gasteiger partial charge >= 0.3 is 0 Å². The summed E-state index contributed by atoms with van der Waals surface area (Å²) in [4.78, 5) is 14.8. The van der Waals surface area contributed by atoms with Crippen molar-refractivity contribution in [2.45, 2.75) is 32.0 Å². The molecule has 0 radical (unpaired) electrons. The molecule has 1 aliphatic heterocycles. The number of hydrogen-bond donors (Lipinski definition) is 0. The zero-order valence-corrected chi connectivity index (χ0v) is 15.2. The Labute approximate surface area is 159 Å². The number of hydrogen-bond acceptors (Lipinski definition) is 3. The summed E-state index contributed by atoms with van der Waals surface area (Å²) >= 11 is 0. The van der Waals surface area contributed by atoms with E-state index in [0.29, 0.717) is 19.7 Å². The van der Waals surface area contributed by atoms with Gasteiger partial charge in [-0.05, 0) is 35.6 Å². The Morgan fingerprint density at radius 3 is 2.33 bits per heavy atom. The molecule has 27 heavy (non-hydrogen) atoms. The van der Waals surface area contributed by atoms with E-state index in [9.17, 15) is 4.79 Å². The number of ether oxygens (including phenoxy) is 1. The average molecular weight is 361 g/mol. The van der Waals surface area contributed by atoms with E-state index in [2.05, 4.69) is 36.4 Å². The predicted octanol–water partition coefficient (Wildman–Crippen LogP) is 4.65. The monoisotopic (exact) mass is 361 g/mol. The molecule has 4 heteroatoms. The zero-order valence-electron chi connectivity index (χ0n) is 15.2. The lowest BCUT2D eigenvalue weighted by atomic mass is 10.0. The second kappa shape index (κ2) is 8.23. The van der Waals surface area contributed by atoms with Crippen LogP contribution in [-0.2, 0) is 22.6 Å². The molecule has 0 N–H and O–H groups in total. The fourth-order valence-electron chi connectivity index (χ4n) is 3.44. The molecule has 0 aliphatic carbocycles. The summed E-state index contributed by atoms with van der Waals surface area (Å²) in [6.07, 6.45) is 4.75. The molecule has 1 atom stereocenters. The molecule has 1 aliphatic rings. The first kappa shape index (κ1) is 17.6. The second-order valence-corrected chi connectivity index (χ2v) is 6.89. The molecule has 1 amide bonds. The van der Waals surface area contributed by atoms with Gasteiger partial charge in [0, 0.05) is 25.3 Å². The quantitative estimate of drug-likeness (QED) is 0.642. The van der Waals surface area contributed by atoms with Crippen LogP contribution in [0.2, 0.25) is 0 Å². The number of rotatable bonds is 6. The van der Waals surface area contributed by atoms with E-state index in [4.69, 9.17) is 9.15 Å². The van der Waals surface area contributed by atoms with Crippen LogP contribution in [0, 0.1) is 0 Å². The highest BCUT2D eigenvalue weighted by Crippen LogP contribution is 2.22. The summed E-state index contributed by atoms with van der Waals surface area (Å²) in [6.45, 7) is 1.75. The molecule has 2 aromatic carbocycles. The number of nitrogens with zero attached hydrogens (tertiary/aromatic N) is 1. The van der Waals surface area contributed by atoms with Crippen LogP contribution in [0.1, 0.15) is 24.0 Å². The van der Waals surface area contributed by atoms with Gasteiger partial charge in [0.1, 0.15) is 6.10 Å². The molecule has 0 unspecified atom stereocenters. The maximum atomic E-state index is 12.9. The molecule has 0 bridgehead atoms. The van der Waals surface area contributed by atoms with Crippen LogP contribution in [0.5, 0.6) is 0 Å². The number of carbonyl (C=O) groups is 1. The summed E-state index contributed by atoms with van der Waals surface area (Å²) in [5.74, 6) is 0.0563. The molecule has 4 nitrogen and oxygen atoms in total. The van der Waals surface area contributed by atoms with Crippen LogP contribution < -0.4 is 0 Å². The Balaban J connectivity index is 1.51. The largest absolute Gasteiger partial charge is 0.472 e. The lowest BCUT2D eigenvalue weighted by Gasteiger charge is -2.25. The standard InChI is InChI=1S/C23H23NO3/c25-23(22-7-4-13-27-22)24(16-19-12-14-26-17-19)15-18-8-10-21(11-9-18)20-5-2-1-3-6-20/h1-3,5-6,8-12,14,17,22H,4,7,13,15-16H2/t22-/m1/s1. The first-order chi connectivity index (χ1) is 13.3. The number of amides is 1. The van der Waals surface area contributed by atoms with Gasteiger partial charge in [0.25, 0.3) is 5.91 Å². The van der Waals surface area contributed by atoms with Crippen LogP contribution in [-0.4, -0.2) is 23.5 Å². The van der Waals surface area contributed by atoms with Crippen molar-refractivity contribution in [1.29, 1.82) is 0 Å². The minimum atomic E-state index is -0.319. The van der Waals surface area contributed by atoms with Crippen molar-refractivity contribution in [1.82, 2.24) is 4.90 Å². The topological polar surface area (TPSA) is 42.7 Å². The molecule has 138 valence electrons. The van der Waals surface area contributed by atoms with Crippen molar-refractivity contribution < 1.29 is 13.9 Å². The van der Waals surface area contributed by atoms with Gasteiger partial charge in [-0.25, -0.2) is 0 Å². The summed E-state index contributed by atoms with van der Waals surface area (Å²) in [7, 11) is 0. The molecule has 4 rings (SSSR count). The fraction of sp³-hybridized carbons (Fsp3) is 0.261. The smallest absolute Gasteiger partial charge is 0.252 e. The van der Waals surface area contributed by atoms with E-state index in [0.717, 1.165) is 24.0 Å². The van der Waals surface area contributed by atoms with Gasteiger partial charge in [0.2, 0.25) is 0 Å². The fourth-order valence-corrected chi connectivity index (χ4v) is 3.44. The SMILES string of the molecule is O=C([C@H]1CCCO1)N(Cc1ccc(-c2ccccc2)cc1)Cc1ccoc1. The van der Waals surface area contributed by atoms with E-state index in [1.807, 2.05) is 29.2 Å². The molecule has 1 aromatic heterocycles. The van der Waals surface area contributed by atoms with E-state index < -0.39 is 0 Å². The summed E-state index contributed by atoms with van der Waals surface area (Å²) < 4.78 is 10.8. The predicted molar refractivity (Wildman–Crippen MR) is 104 cm³/mol. The molecule has 1 saturated heterocycles. The van der Waals surface area contributed by atoms with Gasteiger partial charge in [-0.15, -0.1) is 0 Å². The second-order valence-electron chi connectivity index (χ2n) is 6.89. The Bertz CT molecular complexity index is 850. The molecule has 3 aromatic rings. The van der Waals surface area contributed by atoms with Gasteiger partial charge in [-0.1, -0.05) is 54.6 Å². The van der Waals surface area contributed by atoms with Crippen LogP contribution in [0.4, 0.5) is 0 Å². The summed E-state index contributed by atoms with van der Waals surface area (Å²) in [5, 5.41) is 0. The van der Waals surface area contributed by atoms with E-state index in [1.54, 1.807) is 12.5 Å². The highest BCUT2D eigenvalue weighted by atomic mass is 16.5. The molecular weight excluding hydrogens is 338 g/mol. The first-order valence-electron chi connectivity index (χ1n) is 9.35. The minimum absolute atomic E-state index is 0.0563. The third-order valence-electron chi connectivity index (χ3n) is 4.90. The van der Waals surface area contributed by atoms with Crippen molar-refractivity contribution in [3.8, 4) is 11.1 Å². The van der Waals surface area contributed by atoms with Gasteiger partial charge < -0.3 is 14.1 Å². The number of benzene rings is 2. The maximum absolute atomic E-state index is 12.9. The number of furan rings is 1. The normalized spacial score (nSPS) is 16.4. The van der Waals surface area contributed by atoms with Crippen molar-refractivity contribution in [3.05, 3.63) is 84.3 Å². The highest BCUT2D eigenvalue weighted by molar-refractivity contribution is 5.81. The van der Waals surface area contributed by atoms with Crippen molar-refractivity contribution in [2.24, 2.45) is 0 Å². The Morgan fingerprint density at radius 1 is 0.926 bits per heavy atom. The van der Waals surface area contributed by atoms with Crippen LogP contribution >= 0.6 is 0 Å². The first-order valence-corrected chi connectivity index (χ1v) is 9.35. The maximum Gasteiger partial charge on any atom is 0.252 e. The Kier molecular flexibility index (Phi) is 5.35. The molecule has 0 saturated carbocycles. The summed E-state index contributed by atoms with van der Waals surface area (Å²) in [6, 6.07) is 20.6. The van der Waals surface area contributed by atoms with Gasteiger partial charge in [-0.3, -0.25) is 4.79 Å². The molecular formula is C23H23NO3. The van der Waals surface area contributed by atoms with Crippen LogP contribution in [0.15, 0.2) is 77.6 Å². The van der Waals surface area contributed by atoms with Crippen LogP contribution in [0.3, 0.4) is 0 Å². The van der Waals surface area contributed by atoms with Gasteiger partial charge in [0.15, 0.2) is 0 Å². The highest BCUT2D eigenvalue weighted by Gasteiger charge is 2.28. The van der Waals surface area contributed by atoms with E-state index in [-0.39, 0.29) is 12.0 Å². The zero-order chi connectivity index (χ0) is 18.5. The Hall–Kier alpha value is -2.85.